The van der Waals surface area contributed by atoms with E-state index in [0.29, 0.717) is 5.92 Å². The molecule has 2 aromatic heterocycles. The van der Waals surface area contributed by atoms with E-state index in [1.54, 1.807) is 0 Å². The fraction of sp³-hybridized carbons (Fsp3) is 0.500. The summed E-state index contributed by atoms with van der Waals surface area (Å²) in [4.78, 5) is 9.32. The molecule has 0 amide bonds. The molecule has 0 bridgehead atoms. The van der Waals surface area contributed by atoms with Crippen LogP contribution in [0.1, 0.15) is 37.1 Å². The first-order valence-corrected chi connectivity index (χ1v) is 6.81. The molecule has 0 aliphatic heterocycles. The SMILES string of the molecule is CCNc1cc(C2CC2)nc(-c2cnn(C)c2C)n1. The van der Waals surface area contributed by atoms with Crippen molar-refractivity contribution in [3.8, 4) is 11.4 Å². The second-order valence-corrected chi connectivity index (χ2v) is 5.07. The maximum Gasteiger partial charge on any atom is 0.165 e. The highest BCUT2D eigenvalue weighted by Crippen LogP contribution is 2.40. The molecule has 0 unspecified atom stereocenters. The molecule has 5 heteroatoms. The van der Waals surface area contributed by atoms with Crippen LogP contribution in [0, 0.1) is 6.92 Å². The number of hydrogen-bond acceptors (Lipinski definition) is 4. The Morgan fingerprint density at radius 3 is 2.74 bits per heavy atom. The van der Waals surface area contributed by atoms with Gasteiger partial charge in [-0.05, 0) is 26.7 Å². The Bertz CT molecular complexity index is 598. The summed E-state index contributed by atoms with van der Waals surface area (Å²) in [6.45, 7) is 4.99. The van der Waals surface area contributed by atoms with Crippen molar-refractivity contribution in [2.75, 3.05) is 11.9 Å². The molecule has 2 heterocycles. The molecule has 1 aliphatic rings. The Kier molecular flexibility index (Phi) is 2.97. The van der Waals surface area contributed by atoms with Crippen LogP contribution >= 0.6 is 0 Å². The summed E-state index contributed by atoms with van der Waals surface area (Å²) in [5.74, 6) is 2.32. The fourth-order valence-electron chi connectivity index (χ4n) is 2.16. The summed E-state index contributed by atoms with van der Waals surface area (Å²) >= 11 is 0. The summed E-state index contributed by atoms with van der Waals surface area (Å²) in [6, 6.07) is 2.08. The minimum Gasteiger partial charge on any atom is -0.370 e. The van der Waals surface area contributed by atoms with Gasteiger partial charge < -0.3 is 5.32 Å². The van der Waals surface area contributed by atoms with Gasteiger partial charge in [0.2, 0.25) is 0 Å². The lowest BCUT2D eigenvalue weighted by atomic mass is 10.2. The highest BCUT2D eigenvalue weighted by Gasteiger charge is 2.26. The molecule has 100 valence electrons. The molecule has 19 heavy (non-hydrogen) atoms. The largest absolute Gasteiger partial charge is 0.370 e. The molecule has 0 saturated heterocycles. The molecular weight excluding hydrogens is 238 g/mol. The summed E-state index contributed by atoms with van der Waals surface area (Å²) < 4.78 is 1.86. The third kappa shape index (κ3) is 2.32. The molecule has 2 aromatic rings. The topological polar surface area (TPSA) is 55.6 Å². The van der Waals surface area contributed by atoms with Crippen LogP contribution < -0.4 is 5.32 Å². The Balaban J connectivity index is 2.06. The van der Waals surface area contributed by atoms with E-state index in [2.05, 4.69) is 28.4 Å². The molecule has 1 aliphatic carbocycles. The van der Waals surface area contributed by atoms with Crippen LogP contribution in [0.25, 0.3) is 11.4 Å². The molecule has 0 spiro atoms. The van der Waals surface area contributed by atoms with Crippen molar-refractivity contribution in [2.45, 2.75) is 32.6 Å². The van der Waals surface area contributed by atoms with Crippen LogP contribution in [-0.2, 0) is 7.05 Å². The van der Waals surface area contributed by atoms with Gasteiger partial charge in [0.25, 0.3) is 0 Å². The number of aryl methyl sites for hydroxylation is 1. The van der Waals surface area contributed by atoms with Gasteiger partial charge >= 0.3 is 0 Å². The molecular formula is C14H19N5. The highest BCUT2D eigenvalue weighted by molar-refractivity contribution is 5.59. The second-order valence-electron chi connectivity index (χ2n) is 5.07. The first-order valence-electron chi connectivity index (χ1n) is 6.81. The highest BCUT2D eigenvalue weighted by atomic mass is 15.3. The lowest BCUT2D eigenvalue weighted by molar-refractivity contribution is 0.740. The van der Waals surface area contributed by atoms with Crippen LogP contribution in [0.3, 0.4) is 0 Å². The molecule has 0 radical (unpaired) electrons. The minimum absolute atomic E-state index is 0.621. The number of anilines is 1. The quantitative estimate of drug-likeness (QED) is 0.914. The van der Waals surface area contributed by atoms with Crippen molar-refractivity contribution in [3.63, 3.8) is 0 Å². The molecule has 0 atom stereocenters. The van der Waals surface area contributed by atoms with Crippen LogP contribution in [-0.4, -0.2) is 26.3 Å². The molecule has 0 aromatic carbocycles. The van der Waals surface area contributed by atoms with E-state index in [9.17, 15) is 0 Å². The second kappa shape index (κ2) is 4.64. The first-order chi connectivity index (χ1) is 9.19. The zero-order valence-electron chi connectivity index (χ0n) is 11.6. The normalized spacial score (nSPS) is 14.7. The minimum atomic E-state index is 0.621. The number of nitrogens with zero attached hydrogens (tertiary/aromatic N) is 4. The van der Waals surface area contributed by atoms with Crippen molar-refractivity contribution in [3.05, 3.63) is 23.7 Å². The van der Waals surface area contributed by atoms with Crippen molar-refractivity contribution in [1.29, 1.82) is 0 Å². The number of rotatable bonds is 4. The Morgan fingerprint density at radius 2 is 2.16 bits per heavy atom. The van der Waals surface area contributed by atoms with Gasteiger partial charge in [-0.3, -0.25) is 4.68 Å². The van der Waals surface area contributed by atoms with Gasteiger partial charge in [-0.25, -0.2) is 9.97 Å². The van der Waals surface area contributed by atoms with Crippen LogP contribution in [0.15, 0.2) is 12.3 Å². The van der Waals surface area contributed by atoms with Gasteiger partial charge in [-0.2, -0.15) is 5.10 Å². The summed E-state index contributed by atoms with van der Waals surface area (Å²) in [5, 5.41) is 7.56. The monoisotopic (exact) mass is 257 g/mol. The van der Waals surface area contributed by atoms with E-state index in [-0.39, 0.29) is 0 Å². The van der Waals surface area contributed by atoms with Crippen molar-refractivity contribution in [1.82, 2.24) is 19.7 Å². The Hall–Kier alpha value is -1.91. The average Bonchev–Trinajstić information content (AvgIpc) is 3.18. The van der Waals surface area contributed by atoms with Gasteiger partial charge in [0.1, 0.15) is 5.82 Å². The Morgan fingerprint density at radius 1 is 1.37 bits per heavy atom. The van der Waals surface area contributed by atoms with E-state index in [1.807, 2.05) is 24.9 Å². The fourth-order valence-corrected chi connectivity index (χ4v) is 2.16. The first kappa shape index (κ1) is 12.1. The lowest BCUT2D eigenvalue weighted by Crippen LogP contribution is -2.04. The summed E-state index contributed by atoms with van der Waals surface area (Å²) in [6.07, 6.45) is 4.33. The van der Waals surface area contributed by atoms with Crippen LogP contribution in [0.5, 0.6) is 0 Å². The average molecular weight is 257 g/mol. The summed E-state index contributed by atoms with van der Waals surface area (Å²) in [7, 11) is 1.94. The standard InChI is InChI=1S/C14H19N5/c1-4-15-13-7-12(10-5-6-10)17-14(18-13)11-8-16-19(3)9(11)2/h7-8,10H,4-6H2,1-3H3,(H,15,17,18). The van der Waals surface area contributed by atoms with Crippen molar-refractivity contribution >= 4 is 5.82 Å². The lowest BCUT2D eigenvalue weighted by Gasteiger charge is -2.08. The molecule has 3 rings (SSSR count). The van der Waals surface area contributed by atoms with Crippen molar-refractivity contribution < 1.29 is 0 Å². The van der Waals surface area contributed by atoms with Crippen molar-refractivity contribution in [2.24, 2.45) is 7.05 Å². The zero-order valence-corrected chi connectivity index (χ0v) is 11.6. The molecule has 5 nitrogen and oxygen atoms in total. The van der Waals surface area contributed by atoms with Crippen LogP contribution in [0.2, 0.25) is 0 Å². The summed E-state index contributed by atoms with van der Waals surface area (Å²) in [5.41, 5.74) is 3.27. The van der Waals surface area contributed by atoms with E-state index in [0.717, 1.165) is 35.1 Å². The van der Waals surface area contributed by atoms with Gasteiger partial charge in [0.05, 0.1) is 11.8 Å². The van der Waals surface area contributed by atoms with Gasteiger partial charge in [-0.15, -0.1) is 0 Å². The van der Waals surface area contributed by atoms with E-state index >= 15 is 0 Å². The van der Waals surface area contributed by atoms with Gasteiger partial charge in [0.15, 0.2) is 5.82 Å². The predicted molar refractivity (Wildman–Crippen MR) is 75.1 cm³/mol. The van der Waals surface area contributed by atoms with Gasteiger partial charge in [0, 0.05) is 37.0 Å². The maximum absolute atomic E-state index is 4.72. The smallest absolute Gasteiger partial charge is 0.165 e. The van der Waals surface area contributed by atoms with Gasteiger partial charge in [-0.1, -0.05) is 0 Å². The third-order valence-electron chi connectivity index (χ3n) is 3.58. The Labute approximate surface area is 113 Å². The maximum atomic E-state index is 4.72. The number of aromatic nitrogens is 4. The molecule has 1 saturated carbocycles. The third-order valence-corrected chi connectivity index (χ3v) is 3.58. The van der Waals surface area contributed by atoms with Crippen LogP contribution in [0.4, 0.5) is 5.82 Å². The predicted octanol–water partition coefficient (Wildman–Crippen LogP) is 2.49. The number of nitrogens with one attached hydrogen (secondary N) is 1. The van der Waals surface area contributed by atoms with E-state index in [4.69, 9.17) is 4.98 Å². The van der Waals surface area contributed by atoms with E-state index < -0.39 is 0 Å². The number of hydrogen-bond donors (Lipinski definition) is 1. The van der Waals surface area contributed by atoms with E-state index in [1.165, 1.54) is 12.8 Å². The molecule has 1 N–H and O–H groups in total. The molecule has 1 fully saturated rings. The zero-order chi connectivity index (χ0) is 13.4.